The Labute approximate surface area is 149 Å². The molecule has 0 radical (unpaired) electrons. The lowest BCUT2D eigenvalue weighted by atomic mass is 10.0. The minimum atomic E-state index is 0.00553. The predicted molar refractivity (Wildman–Crippen MR) is 100 cm³/mol. The van der Waals surface area contributed by atoms with Crippen molar-refractivity contribution in [1.29, 1.82) is 0 Å². The molecule has 132 valence electrons. The van der Waals surface area contributed by atoms with Crippen molar-refractivity contribution in [3.05, 3.63) is 42.2 Å². The monoisotopic (exact) mass is 338 g/mol. The van der Waals surface area contributed by atoms with Gasteiger partial charge in [0.2, 0.25) is 11.9 Å². The van der Waals surface area contributed by atoms with Crippen LogP contribution in [0.25, 0.3) is 11.1 Å². The van der Waals surface area contributed by atoms with E-state index in [1.54, 1.807) is 6.92 Å². The Morgan fingerprint density at radius 1 is 1.12 bits per heavy atom. The van der Waals surface area contributed by atoms with E-state index in [9.17, 15) is 4.79 Å². The number of amides is 1. The molecule has 0 bridgehead atoms. The van der Waals surface area contributed by atoms with Crippen LogP contribution in [0.5, 0.6) is 0 Å². The predicted octanol–water partition coefficient (Wildman–Crippen LogP) is 3.42. The zero-order valence-electron chi connectivity index (χ0n) is 15.1. The van der Waals surface area contributed by atoms with Gasteiger partial charge < -0.3 is 10.6 Å². The molecule has 2 aromatic rings. The standard InChI is InChI=1S/C20H26N4O/c1-13(23-15(3)25)10-16-4-6-18(7-5-16)19-11-21-20(22-12-19)24-14(2)17-8-9-17/h4-7,11-14,17H,8-10H2,1-3H3,(H,23,25)(H,21,22,24). The number of carbonyl (C=O) groups excluding carboxylic acids is 1. The van der Waals surface area contributed by atoms with Crippen molar-refractivity contribution >= 4 is 11.9 Å². The van der Waals surface area contributed by atoms with Crippen LogP contribution in [0.1, 0.15) is 39.2 Å². The van der Waals surface area contributed by atoms with Gasteiger partial charge in [0.05, 0.1) is 0 Å². The molecule has 5 nitrogen and oxygen atoms in total. The molecule has 2 N–H and O–H groups in total. The number of carbonyl (C=O) groups is 1. The summed E-state index contributed by atoms with van der Waals surface area (Å²) >= 11 is 0. The van der Waals surface area contributed by atoms with Gasteiger partial charge in [-0.3, -0.25) is 4.79 Å². The van der Waals surface area contributed by atoms with E-state index in [1.165, 1.54) is 18.4 Å². The third kappa shape index (κ3) is 5.02. The van der Waals surface area contributed by atoms with E-state index < -0.39 is 0 Å². The second-order valence-electron chi connectivity index (χ2n) is 7.07. The zero-order chi connectivity index (χ0) is 17.8. The number of hydrogen-bond donors (Lipinski definition) is 2. The maximum Gasteiger partial charge on any atom is 0.222 e. The first-order chi connectivity index (χ1) is 12.0. The number of rotatable bonds is 7. The van der Waals surface area contributed by atoms with Crippen molar-refractivity contribution in [3.8, 4) is 11.1 Å². The molecule has 0 aliphatic heterocycles. The third-order valence-corrected chi connectivity index (χ3v) is 4.62. The Hall–Kier alpha value is -2.43. The number of benzene rings is 1. The van der Waals surface area contributed by atoms with E-state index in [0.29, 0.717) is 12.0 Å². The summed E-state index contributed by atoms with van der Waals surface area (Å²) in [4.78, 5) is 20.0. The first kappa shape index (κ1) is 17.4. The molecule has 1 aromatic carbocycles. The quantitative estimate of drug-likeness (QED) is 0.812. The largest absolute Gasteiger partial charge is 0.354 e. The van der Waals surface area contributed by atoms with Crippen LogP contribution in [-0.4, -0.2) is 28.0 Å². The van der Waals surface area contributed by atoms with Gasteiger partial charge in [-0.05, 0) is 50.2 Å². The molecule has 0 spiro atoms. The Morgan fingerprint density at radius 2 is 1.76 bits per heavy atom. The lowest BCUT2D eigenvalue weighted by Gasteiger charge is -2.13. The van der Waals surface area contributed by atoms with Crippen LogP contribution in [0.2, 0.25) is 0 Å². The highest BCUT2D eigenvalue weighted by Crippen LogP contribution is 2.33. The van der Waals surface area contributed by atoms with Gasteiger partial charge in [-0.15, -0.1) is 0 Å². The molecule has 1 aliphatic rings. The highest BCUT2D eigenvalue weighted by atomic mass is 16.1. The van der Waals surface area contributed by atoms with Gasteiger partial charge in [-0.2, -0.15) is 0 Å². The summed E-state index contributed by atoms with van der Waals surface area (Å²) in [6, 6.07) is 8.91. The van der Waals surface area contributed by atoms with Gasteiger partial charge >= 0.3 is 0 Å². The van der Waals surface area contributed by atoms with E-state index in [1.807, 2.05) is 19.3 Å². The van der Waals surface area contributed by atoms with Gasteiger partial charge in [-0.25, -0.2) is 9.97 Å². The average molecular weight is 338 g/mol. The van der Waals surface area contributed by atoms with Gasteiger partial charge in [0, 0.05) is 37.0 Å². The van der Waals surface area contributed by atoms with Gasteiger partial charge in [-0.1, -0.05) is 24.3 Å². The first-order valence-corrected chi connectivity index (χ1v) is 8.96. The molecule has 1 aliphatic carbocycles. The minimum absolute atomic E-state index is 0.00553. The number of hydrogen-bond acceptors (Lipinski definition) is 4. The minimum Gasteiger partial charge on any atom is -0.354 e. The number of nitrogens with zero attached hydrogens (tertiary/aromatic N) is 2. The average Bonchev–Trinajstić information content (AvgIpc) is 3.40. The Balaban J connectivity index is 1.60. The fourth-order valence-corrected chi connectivity index (χ4v) is 3.05. The molecule has 25 heavy (non-hydrogen) atoms. The van der Waals surface area contributed by atoms with Crippen LogP contribution in [0.4, 0.5) is 5.95 Å². The molecular weight excluding hydrogens is 312 g/mol. The molecule has 1 aromatic heterocycles. The lowest BCUT2D eigenvalue weighted by molar-refractivity contribution is -0.119. The van der Waals surface area contributed by atoms with Crippen molar-refractivity contribution in [2.24, 2.45) is 5.92 Å². The summed E-state index contributed by atoms with van der Waals surface area (Å²) in [6.45, 7) is 5.75. The van der Waals surface area contributed by atoms with Gasteiger partial charge in [0.15, 0.2) is 0 Å². The van der Waals surface area contributed by atoms with E-state index in [4.69, 9.17) is 0 Å². The number of anilines is 1. The molecular formula is C20H26N4O. The maximum atomic E-state index is 11.1. The summed E-state index contributed by atoms with van der Waals surface area (Å²) in [6.07, 6.45) is 7.16. The van der Waals surface area contributed by atoms with Crippen molar-refractivity contribution in [2.45, 2.75) is 52.1 Å². The molecule has 3 rings (SSSR count). The van der Waals surface area contributed by atoms with E-state index in [2.05, 4.69) is 51.8 Å². The second-order valence-corrected chi connectivity index (χ2v) is 7.07. The molecule has 2 atom stereocenters. The van der Waals surface area contributed by atoms with Crippen molar-refractivity contribution in [1.82, 2.24) is 15.3 Å². The summed E-state index contributed by atoms with van der Waals surface area (Å²) < 4.78 is 0. The summed E-state index contributed by atoms with van der Waals surface area (Å²) in [7, 11) is 0. The number of aromatic nitrogens is 2. The first-order valence-electron chi connectivity index (χ1n) is 8.96. The SMILES string of the molecule is CC(=O)NC(C)Cc1ccc(-c2cnc(NC(C)C3CC3)nc2)cc1. The zero-order valence-corrected chi connectivity index (χ0v) is 15.1. The fraction of sp³-hybridized carbons (Fsp3) is 0.450. The van der Waals surface area contributed by atoms with Crippen LogP contribution >= 0.6 is 0 Å². The van der Waals surface area contributed by atoms with Crippen molar-refractivity contribution in [3.63, 3.8) is 0 Å². The van der Waals surface area contributed by atoms with Crippen molar-refractivity contribution in [2.75, 3.05) is 5.32 Å². The molecule has 5 heteroatoms. The van der Waals surface area contributed by atoms with Crippen LogP contribution in [0.3, 0.4) is 0 Å². The van der Waals surface area contributed by atoms with Gasteiger partial charge in [0.25, 0.3) is 0 Å². The van der Waals surface area contributed by atoms with Crippen LogP contribution < -0.4 is 10.6 Å². The fourth-order valence-electron chi connectivity index (χ4n) is 3.05. The van der Waals surface area contributed by atoms with E-state index >= 15 is 0 Å². The molecule has 0 saturated heterocycles. The highest BCUT2D eigenvalue weighted by Gasteiger charge is 2.28. The normalized spacial score (nSPS) is 16.1. The summed E-state index contributed by atoms with van der Waals surface area (Å²) in [5.74, 6) is 1.48. The molecule has 1 fully saturated rings. The lowest BCUT2D eigenvalue weighted by Crippen LogP contribution is -2.31. The smallest absolute Gasteiger partial charge is 0.222 e. The number of nitrogens with one attached hydrogen (secondary N) is 2. The second kappa shape index (κ2) is 7.64. The summed E-state index contributed by atoms with van der Waals surface area (Å²) in [5.41, 5.74) is 3.30. The Bertz CT molecular complexity index is 707. The van der Waals surface area contributed by atoms with E-state index in [0.717, 1.165) is 23.5 Å². The highest BCUT2D eigenvalue weighted by molar-refractivity contribution is 5.73. The topological polar surface area (TPSA) is 66.9 Å². The summed E-state index contributed by atoms with van der Waals surface area (Å²) in [5, 5.41) is 6.28. The Kier molecular flexibility index (Phi) is 5.31. The van der Waals surface area contributed by atoms with Crippen LogP contribution in [0, 0.1) is 5.92 Å². The molecule has 1 amide bonds. The van der Waals surface area contributed by atoms with Crippen LogP contribution in [-0.2, 0) is 11.2 Å². The molecule has 1 saturated carbocycles. The molecule has 2 unspecified atom stereocenters. The molecule has 1 heterocycles. The van der Waals surface area contributed by atoms with Crippen LogP contribution in [0.15, 0.2) is 36.7 Å². The maximum absolute atomic E-state index is 11.1. The van der Waals surface area contributed by atoms with E-state index in [-0.39, 0.29) is 11.9 Å². The third-order valence-electron chi connectivity index (χ3n) is 4.62. The van der Waals surface area contributed by atoms with Crippen molar-refractivity contribution < 1.29 is 4.79 Å². The van der Waals surface area contributed by atoms with Gasteiger partial charge in [0.1, 0.15) is 0 Å². The Morgan fingerprint density at radius 3 is 2.32 bits per heavy atom.